The summed E-state index contributed by atoms with van der Waals surface area (Å²) >= 11 is 0. The molecule has 0 bridgehead atoms. The van der Waals surface area contributed by atoms with Gasteiger partial charge in [-0.05, 0) is 66.4 Å². The van der Waals surface area contributed by atoms with Crippen molar-refractivity contribution in [1.82, 2.24) is 4.90 Å². The predicted octanol–water partition coefficient (Wildman–Crippen LogP) is 6.46. The highest BCUT2D eigenvalue weighted by atomic mass is 19.1. The predicted molar refractivity (Wildman–Crippen MR) is 132 cm³/mol. The van der Waals surface area contributed by atoms with Crippen LogP contribution in [0.3, 0.4) is 0 Å². The first-order chi connectivity index (χ1) is 16.9. The Bertz CT molecular complexity index is 1250. The van der Waals surface area contributed by atoms with E-state index < -0.39 is 17.7 Å². The number of likely N-dealkylation sites (tertiary alicyclic amines) is 1. The number of aromatic hydroxyl groups is 1. The van der Waals surface area contributed by atoms with E-state index in [2.05, 4.69) is 11.8 Å². The van der Waals surface area contributed by atoms with Crippen LogP contribution < -0.4 is 9.47 Å². The third-order valence-electron chi connectivity index (χ3n) is 6.97. The summed E-state index contributed by atoms with van der Waals surface area (Å²) in [6.07, 6.45) is 0.624. The van der Waals surface area contributed by atoms with Gasteiger partial charge in [0.1, 0.15) is 41.6 Å². The topological polar surface area (TPSA) is 41.9 Å². The molecule has 182 valence electrons. The molecular formula is C29H29F2NO3. The van der Waals surface area contributed by atoms with Crippen LogP contribution in [0.1, 0.15) is 43.1 Å². The van der Waals surface area contributed by atoms with Crippen LogP contribution in [0, 0.1) is 17.6 Å². The highest BCUT2D eigenvalue weighted by Gasteiger charge is 2.31. The van der Waals surface area contributed by atoms with Crippen LogP contribution in [0.5, 0.6) is 17.2 Å². The molecule has 2 aliphatic heterocycles. The average molecular weight is 478 g/mol. The van der Waals surface area contributed by atoms with Crippen molar-refractivity contribution < 1.29 is 23.4 Å². The standard InChI is InChI=1S/C29H29F2NO3/c1-3-19-16-32(17-19)12-13-34-23-8-4-20(5-9-23)29-28(24-10-6-21(30)14-26(24)31)18(2)25-15-22(33)7-11-27(25)35-29/h4-11,14-15,19,29,33H,3,12-13,16-17H2,1-2H3. The van der Waals surface area contributed by atoms with Crippen molar-refractivity contribution in [3.8, 4) is 17.2 Å². The number of ether oxygens (including phenoxy) is 2. The number of allylic oxidation sites excluding steroid dienone is 1. The van der Waals surface area contributed by atoms with Gasteiger partial charge in [0.2, 0.25) is 0 Å². The van der Waals surface area contributed by atoms with Gasteiger partial charge >= 0.3 is 0 Å². The van der Waals surface area contributed by atoms with Gasteiger partial charge in [0.05, 0.1) is 0 Å². The normalized spacial score (nSPS) is 18.1. The Hall–Kier alpha value is -3.38. The van der Waals surface area contributed by atoms with Crippen LogP contribution in [0.4, 0.5) is 8.78 Å². The number of phenolic OH excluding ortho intramolecular Hbond substituents is 1. The lowest BCUT2D eigenvalue weighted by molar-refractivity contribution is 0.0806. The van der Waals surface area contributed by atoms with Gasteiger partial charge in [-0.3, -0.25) is 4.90 Å². The number of hydrogen-bond donors (Lipinski definition) is 1. The molecular weight excluding hydrogens is 448 g/mol. The minimum absolute atomic E-state index is 0.0917. The minimum atomic E-state index is -0.659. The number of halogens is 2. The average Bonchev–Trinajstić information content (AvgIpc) is 2.82. The monoisotopic (exact) mass is 477 g/mol. The first-order valence-electron chi connectivity index (χ1n) is 12.0. The molecule has 5 rings (SSSR count). The molecule has 1 unspecified atom stereocenters. The van der Waals surface area contributed by atoms with Crippen molar-refractivity contribution in [1.29, 1.82) is 0 Å². The maximum atomic E-state index is 14.9. The van der Waals surface area contributed by atoms with E-state index in [-0.39, 0.29) is 11.3 Å². The second-order valence-corrected chi connectivity index (χ2v) is 9.29. The number of phenols is 1. The van der Waals surface area contributed by atoms with Gasteiger partial charge in [-0.15, -0.1) is 0 Å². The molecule has 0 amide bonds. The Morgan fingerprint density at radius 2 is 1.77 bits per heavy atom. The highest BCUT2D eigenvalue weighted by molar-refractivity contribution is 5.95. The van der Waals surface area contributed by atoms with Gasteiger partial charge in [-0.2, -0.15) is 0 Å². The third kappa shape index (κ3) is 4.76. The van der Waals surface area contributed by atoms with Gasteiger partial charge in [0, 0.05) is 42.4 Å². The Kier molecular flexibility index (Phi) is 6.48. The molecule has 1 saturated heterocycles. The van der Waals surface area contributed by atoms with Crippen LogP contribution in [0.25, 0.3) is 11.1 Å². The first-order valence-corrected chi connectivity index (χ1v) is 12.0. The first kappa shape index (κ1) is 23.4. The minimum Gasteiger partial charge on any atom is -0.508 e. The van der Waals surface area contributed by atoms with Gasteiger partial charge < -0.3 is 14.6 Å². The summed E-state index contributed by atoms with van der Waals surface area (Å²) < 4.78 is 40.8. The quantitative estimate of drug-likeness (QED) is 0.424. The van der Waals surface area contributed by atoms with Crippen LogP contribution in [0.15, 0.2) is 60.7 Å². The van der Waals surface area contributed by atoms with Crippen LogP contribution in [-0.4, -0.2) is 36.2 Å². The Balaban J connectivity index is 1.40. The molecule has 1 fully saturated rings. The van der Waals surface area contributed by atoms with E-state index >= 15 is 0 Å². The van der Waals surface area contributed by atoms with E-state index in [1.54, 1.807) is 18.2 Å². The van der Waals surface area contributed by atoms with Crippen LogP contribution >= 0.6 is 0 Å². The van der Waals surface area contributed by atoms with Crippen LogP contribution in [-0.2, 0) is 0 Å². The summed E-state index contributed by atoms with van der Waals surface area (Å²) in [5, 5.41) is 10.00. The molecule has 0 radical (unpaired) electrons. The smallest absolute Gasteiger partial charge is 0.150 e. The van der Waals surface area contributed by atoms with Crippen molar-refractivity contribution in [3.63, 3.8) is 0 Å². The molecule has 4 nitrogen and oxygen atoms in total. The second kappa shape index (κ2) is 9.70. The van der Waals surface area contributed by atoms with E-state index in [0.29, 0.717) is 23.5 Å². The zero-order valence-corrected chi connectivity index (χ0v) is 19.9. The van der Waals surface area contributed by atoms with E-state index in [9.17, 15) is 13.9 Å². The van der Waals surface area contributed by atoms with E-state index in [1.165, 1.54) is 18.6 Å². The molecule has 3 aromatic carbocycles. The fourth-order valence-electron chi connectivity index (χ4n) is 4.88. The number of benzene rings is 3. The molecule has 0 aliphatic carbocycles. The zero-order valence-electron chi connectivity index (χ0n) is 19.9. The Morgan fingerprint density at radius 3 is 2.49 bits per heavy atom. The van der Waals surface area contributed by atoms with Gasteiger partial charge in [-0.25, -0.2) is 8.78 Å². The number of fused-ring (bicyclic) bond motifs is 1. The molecule has 0 saturated carbocycles. The van der Waals surface area contributed by atoms with Crippen molar-refractivity contribution in [2.75, 3.05) is 26.2 Å². The SMILES string of the molecule is CCC1CN(CCOc2ccc(C3Oc4ccc(O)cc4C(C)=C3c3ccc(F)cc3F)cc2)C1. The lowest BCUT2D eigenvalue weighted by Crippen LogP contribution is -2.47. The molecule has 0 spiro atoms. The Labute approximate surface area is 204 Å². The molecule has 2 heterocycles. The maximum Gasteiger partial charge on any atom is 0.150 e. The van der Waals surface area contributed by atoms with Gasteiger partial charge in [0.25, 0.3) is 0 Å². The summed E-state index contributed by atoms with van der Waals surface area (Å²) in [5.41, 5.74) is 3.12. The van der Waals surface area contributed by atoms with Gasteiger partial charge in [0.15, 0.2) is 0 Å². The van der Waals surface area contributed by atoms with Crippen molar-refractivity contribution in [2.24, 2.45) is 5.92 Å². The molecule has 6 heteroatoms. The van der Waals surface area contributed by atoms with E-state index in [1.807, 2.05) is 31.2 Å². The summed E-state index contributed by atoms with van der Waals surface area (Å²) in [5.74, 6) is 0.965. The summed E-state index contributed by atoms with van der Waals surface area (Å²) in [4.78, 5) is 2.39. The van der Waals surface area contributed by atoms with Gasteiger partial charge in [-0.1, -0.05) is 25.5 Å². The summed E-state index contributed by atoms with van der Waals surface area (Å²) in [6, 6.07) is 16.0. The maximum absolute atomic E-state index is 14.9. The van der Waals surface area contributed by atoms with Crippen molar-refractivity contribution in [3.05, 3.63) is 89.0 Å². The third-order valence-corrected chi connectivity index (χ3v) is 6.97. The number of rotatable bonds is 7. The summed E-state index contributed by atoms with van der Waals surface area (Å²) in [7, 11) is 0. The molecule has 2 aliphatic rings. The van der Waals surface area contributed by atoms with Crippen LogP contribution in [0.2, 0.25) is 0 Å². The largest absolute Gasteiger partial charge is 0.508 e. The fourth-order valence-corrected chi connectivity index (χ4v) is 4.88. The Morgan fingerprint density at radius 1 is 1.00 bits per heavy atom. The number of nitrogens with zero attached hydrogens (tertiary/aromatic N) is 1. The lowest BCUT2D eigenvalue weighted by atomic mass is 9.86. The fraction of sp³-hybridized carbons (Fsp3) is 0.310. The number of hydrogen-bond acceptors (Lipinski definition) is 4. The second-order valence-electron chi connectivity index (χ2n) is 9.29. The molecule has 3 aromatic rings. The van der Waals surface area contributed by atoms with Crippen molar-refractivity contribution in [2.45, 2.75) is 26.4 Å². The van der Waals surface area contributed by atoms with E-state index in [4.69, 9.17) is 9.47 Å². The molecule has 1 atom stereocenters. The molecule has 1 N–H and O–H groups in total. The molecule has 0 aromatic heterocycles. The highest BCUT2D eigenvalue weighted by Crippen LogP contribution is 2.48. The van der Waals surface area contributed by atoms with E-state index in [0.717, 1.165) is 48.5 Å². The summed E-state index contributed by atoms with van der Waals surface area (Å²) in [6.45, 7) is 7.91. The molecule has 35 heavy (non-hydrogen) atoms. The van der Waals surface area contributed by atoms with Crippen molar-refractivity contribution >= 4 is 11.1 Å². The zero-order chi connectivity index (χ0) is 24.5. The lowest BCUT2D eigenvalue weighted by Gasteiger charge is -2.38.